The van der Waals surface area contributed by atoms with Crippen LogP contribution in [0.3, 0.4) is 0 Å². The monoisotopic (exact) mass is 850 g/mol. The minimum absolute atomic E-state index is 0.0261. The predicted molar refractivity (Wildman–Crippen MR) is 264 cm³/mol. The first kappa shape index (κ1) is 58.0. The summed E-state index contributed by atoms with van der Waals surface area (Å²) in [5.74, 6) is -0.604. The fraction of sp³-hybridized carbons (Fsp3) is 0.709. The number of allylic oxidation sites excluding steroid dienone is 14. The Morgan fingerprint density at radius 3 is 1.43 bits per heavy atom. The number of ether oxygens (including phenoxy) is 1. The fourth-order valence-electron chi connectivity index (χ4n) is 7.18. The van der Waals surface area contributed by atoms with Crippen molar-refractivity contribution in [2.24, 2.45) is 0 Å². The van der Waals surface area contributed by atoms with Crippen molar-refractivity contribution in [2.45, 2.75) is 244 Å². The predicted octanol–water partition coefficient (Wildman–Crippen LogP) is 15.2. The van der Waals surface area contributed by atoms with Crippen LogP contribution in [0.1, 0.15) is 226 Å². The molecular weight excluding hydrogens is 755 g/mol. The van der Waals surface area contributed by atoms with Crippen LogP contribution >= 0.6 is 0 Å². The summed E-state index contributed by atoms with van der Waals surface area (Å²) in [4.78, 5) is 26.1. The van der Waals surface area contributed by atoms with Crippen molar-refractivity contribution in [1.29, 1.82) is 0 Å². The number of hydrogen-bond acceptors (Lipinski definition) is 5. The first-order valence-electron chi connectivity index (χ1n) is 25.3. The van der Waals surface area contributed by atoms with E-state index in [1.54, 1.807) is 0 Å². The number of unbranched alkanes of at least 4 members (excludes halogenated alkanes) is 19. The highest BCUT2D eigenvalue weighted by Gasteiger charge is 2.24. The molecule has 0 aromatic carbocycles. The van der Waals surface area contributed by atoms with Gasteiger partial charge in [0.2, 0.25) is 5.91 Å². The molecule has 0 aromatic rings. The molecule has 0 bridgehead atoms. The third-order valence-electron chi connectivity index (χ3n) is 11.0. The van der Waals surface area contributed by atoms with E-state index in [-0.39, 0.29) is 31.3 Å². The lowest BCUT2D eigenvalue weighted by molar-refractivity contribution is -0.150. The number of esters is 1. The lowest BCUT2D eigenvalue weighted by Crippen LogP contribution is -2.46. The molecule has 6 heteroatoms. The topological polar surface area (TPSA) is 95.9 Å². The van der Waals surface area contributed by atoms with Gasteiger partial charge in [-0.2, -0.15) is 0 Å². The van der Waals surface area contributed by atoms with Gasteiger partial charge in [-0.3, -0.25) is 9.59 Å². The Hall–Kier alpha value is -2.96. The maximum atomic E-state index is 13.2. The number of nitrogens with one attached hydrogen (secondary N) is 1. The number of carbonyl (C=O) groups excluding carboxylic acids is 2. The number of carbonyl (C=O) groups is 2. The fourth-order valence-corrected chi connectivity index (χ4v) is 7.18. The van der Waals surface area contributed by atoms with Gasteiger partial charge in [-0.05, 0) is 83.5 Å². The van der Waals surface area contributed by atoms with Gasteiger partial charge in [-0.25, -0.2) is 0 Å². The minimum atomic E-state index is -0.810. The van der Waals surface area contributed by atoms with Crippen LogP contribution in [0.2, 0.25) is 0 Å². The van der Waals surface area contributed by atoms with Crippen LogP contribution in [0.4, 0.5) is 0 Å². The highest BCUT2D eigenvalue weighted by atomic mass is 16.5. The van der Waals surface area contributed by atoms with Crippen LogP contribution < -0.4 is 5.32 Å². The smallest absolute Gasteiger partial charge is 0.306 e. The van der Waals surface area contributed by atoms with Gasteiger partial charge in [0.25, 0.3) is 0 Å². The summed E-state index contributed by atoms with van der Waals surface area (Å²) in [7, 11) is 0. The lowest BCUT2D eigenvalue weighted by Gasteiger charge is -2.24. The molecule has 0 saturated carbocycles. The quantitative estimate of drug-likeness (QED) is 0.0246. The van der Waals surface area contributed by atoms with E-state index in [0.29, 0.717) is 19.3 Å². The van der Waals surface area contributed by atoms with Crippen molar-refractivity contribution in [2.75, 3.05) is 6.61 Å². The van der Waals surface area contributed by atoms with Gasteiger partial charge in [-0.1, -0.05) is 215 Å². The van der Waals surface area contributed by atoms with Crippen LogP contribution in [0.15, 0.2) is 85.1 Å². The summed E-state index contributed by atoms with van der Waals surface area (Å²) in [6.45, 7) is 6.32. The van der Waals surface area contributed by atoms with Crippen molar-refractivity contribution in [3.8, 4) is 0 Å². The Balaban J connectivity index is 4.78. The first-order chi connectivity index (χ1) is 30.0. The van der Waals surface area contributed by atoms with Crippen LogP contribution in [-0.4, -0.2) is 46.9 Å². The van der Waals surface area contributed by atoms with Crippen molar-refractivity contribution in [3.63, 3.8) is 0 Å². The maximum absolute atomic E-state index is 13.2. The van der Waals surface area contributed by atoms with Crippen LogP contribution in [0.5, 0.6) is 0 Å². The summed E-state index contributed by atoms with van der Waals surface area (Å²) in [6, 6.07) is -0.728. The van der Waals surface area contributed by atoms with Gasteiger partial charge in [0.05, 0.1) is 25.2 Å². The first-order valence-corrected chi connectivity index (χ1v) is 25.3. The molecule has 0 aliphatic rings. The molecule has 0 saturated heterocycles. The molecule has 3 N–H and O–H groups in total. The zero-order valence-electron chi connectivity index (χ0n) is 39.8. The lowest BCUT2D eigenvalue weighted by atomic mass is 10.0. The highest BCUT2D eigenvalue weighted by Crippen LogP contribution is 2.16. The van der Waals surface area contributed by atoms with Crippen molar-refractivity contribution >= 4 is 11.9 Å². The second-order valence-corrected chi connectivity index (χ2v) is 16.9. The second-order valence-electron chi connectivity index (χ2n) is 16.9. The van der Waals surface area contributed by atoms with Gasteiger partial charge in [-0.15, -0.1) is 0 Å². The molecule has 0 aromatic heterocycles. The zero-order chi connectivity index (χ0) is 44.5. The van der Waals surface area contributed by atoms with E-state index in [2.05, 4.69) is 105 Å². The van der Waals surface area contributed by atoms with Crippen LogP contribution in [-0.2, 0) is 14.3 Å². The van der Waals surface area contributed by atoms with E-state index in [4.69, 9.17) is 4.74 Å². The maximum Gasteiger partial charge on any atom is 0.306 e. The normalized spacial score (nSPS) is 14.0. The Bertz CT molecular complexity index is 1180. The van der Waals surface area contributed by atoms with Gasteiger partial charge >= 0.3 is 5.97 Å². The number of amides is 1. The van der Waals surface area contributed by atoms with E-state index in [1.807, 2.05) is 6.08 Å². The molecule has 1 amide bonds. The van der Waals surface area contributed by atoms with E-state index in [9.17, 15) is 19.8 Å². The molecule has 0 rings (SSSR count). The number of hydrogen-bond donors (Lipinski definition) is 3. The van der Waals surface area contributed by atoms with E-state index >= 15 is 0 Å². The molecule has 0 fully saturated rings. The molecule has 0 spiro atoms. The van der Waals surface area contributed by atoms with Crippen molar-refractivity contribution in [1.82, 2.24) is 5.32 Å². The van der Waals surface area contributed by atoms with Gasteiger partial charge in [0.1, 0.15) is 6.10 Å². The summed E-state index contributed by atoms with van der Waals surface area (Å²) in [6.07, 6.45) is 62.2. The van der Waals surface area contributed by atoms with Gasteiger partial charge < -0.3 is 20.3 Å². The SMILES string of the molecule is CC/C=C/C/C=C/C/C=C/C/C=C/C/C=C/CCC(=O)OC(CCCCC/C=C/C=C/CCCCCCCCC)CC(=O)NC(CO)C(O)CCCCCCCCCCCC. The number of rotatable bonds is 44. The average Bonchev–Trinajstić information content (AvgIpc) is 3.25. The van der Waals surface area contributed by atoms with Gasteiger partial charge in [0.15, 0.2) is 0 Å². The third kappa shape index (κ3) is 43.5. The molecule has 3 atom stereocenters. The Labute approximate surface area is 376 Å². The molecule has 3 unspecified atom stereocenters. The van der Waals surface area contributed by atoms with Crippen LogP contribution in [0, 0.1) is 0 Å². The average molecular weight is 850 g/mol. The number of aliphatic hydroxyl groups excluding tert-OH is 2. The highest BCUT2D eigenvalue weighted by molar-refractivity contribution is 5.77. The largest absolute Gasteiger partial charge is 0.462 e. The molecule has 0 heterocycles. The minimum Gasteiger partial charge on any atom is -0.462 e. The second kappa shape index (κ2) is 48.1. The van der Waals surface area contributed by atoms with E-state index in [1.165, 1.54) is 89.9 Å². The Morgan fingerprint density at radius 1 is 0.508 bits per heavy atom. The Morgan fingerprint density at radius 2 is 0.934 bits per heavy atom. The molecule has 0 aliphatic heterocycles. The summed E-state index contributed by atoms with van der Waals surface area (Å²) in [5, 5.41) is 23.7. The molecular formula is C55H95NO5. The van der Waals surface area contributed by atoms with E-state index in [0.717, 1.165) is 83.5 Å². The third-order valence-corrected chi connectivity index (χ3v) is 11.0. The summed E-state index contributed by atoms with van der Waals surface area (Å²) in [5.41, 5.74) is 0. The molecule has 0 radical (unpaired) electrons. The number of aliphatic hydroxyl groups is 2. The molecule has 61 heavy (non-hydrogen) atoms. The standard InChI is InChI=1S/C55H95NO5/c1-4-7-10-13-16-19-22-24-26-28-30-32-34-37-40-43-46-51(49-54(59)56-52(50-57)53(58)47-44-41-38-35-21-18-15-12-9-6-3)61-55(60)48-45-42-39-36-33-31-29-27-25-23-20-17-14-11-8-5-2/h8,11,17,20,25-28,30-33,39,42,51-53,57-58H,4-7,9-10,12-16,18-19,21-24,29,34-38,40-41,43-50H2,1-3H3,(H,56,59)/b11-8+,20-17+,27-25+,28-26+,32-30+,33-31+,42-39+. The summed E-state index contributed by atoms with van der Waals surface area (Å²) < 4.78 is 5.87. The molecule has 0 aliphatic carbocycles. The van der Waals surface area contributed by atoms with Crippen molar-refractivity contribution in [3.05, 3.63) is 85.1 Å². The van der Waals surface area contributed by atoms with E-state index < -0.39 is 18.2 Å². The van der Waals surface area contributed by atoms with Crippen LogP contribution in [0.25, 0.3) is 0 Å². The van der Waals surface area contributed by atoms with Crippen molar-refractivity contribution < 1.29 is 24.5 Å². The van der Waals surface area contributed by atoms with Gasteiger partial charge in [0, 0.05) is 6.42 Å². The molecule has 6 nitrogen and oxygen atoms in total. The zero-order valence-corrected chi connectivity index (χ0v) is 39.8. The Kier molecular flexibility index (Phi) is 45.7. The summed E-state index contributed by atoms with van der Waals surface area (Å²) >= 11 is 0. The molecule has 350 valence electrons.